The minimum Gasteiger partial charge on any atom is -0.492 e. The largest absolute Gasteiger partial charge is 0.492 e. The second kappa shape index (κ2) is 8.94. The smallest absolute Gasteiger partial charge is 0.304 e. The second-order valence-electron chi connectivity index (χ2n) is 9.01. The predicted molar refractivity (Wildman–Crippen MR) is 118 cm³/mol. The van der Waals surface area contributed by atoms with Crippen molar-refractivity contribution < 1.29 is 28.9 Å². The molecule has 3 aliphatic rings. The first-order valence-corrected chi connectivity index (χ1v) is 11.5. The van der Waals surface area contributed by atoms with E-state index in [-0.39, 0.29) is 24.2 Å². The lowest BCUT2D eigenvalue weighted by atomic mass is 9.89. The Hall–Kier alpha value is -2.86. The zero-order valence-electron chi connectivity index (χ0n) is 18.0. The maximum Gasteiger partial charge on any atom is 0.304 e. The van der Waals surface area contributed by atoms with Gasteiger partial charge in [0.15, 0.2) is 5.78 Å². The monoisotopic (exact) mass is 436 g/mol. The van der Waals surface area contributed by atoms with Gasteiger partial charge in [-0.1, -0.05) is 24.3 Å². The van der Waals surface area contributed by atoms with E-state index < -0.39 is 5.97 Å². The number of rotatable bonds is 7. The Morgan fingerprint density at radius 2 is 1.88 bits per heavy atom. The van der Waals surface area contributed by atoms with Gasteiger partial charge in [-0.3, -0.25) is 9.59 Å². The van der Waals surface area contributed by atoms with Crippen LogP contribution in [-0.4, -0.2) is 36.7 Å². The van der Waals surface area contributed by atoms with Crippen molar-refractivity contribution in [3.05, 3.63) is 58.7 Å². The maximum atomic E-state index is 13.0. The number of carboxylic acids is 1. The molecule has 0 amide bonds. The number of ketones is 1. The zero-order chi connectivity index (χ0) is 22.1. The van der Waals surface area contributed by atoms with Crippen LogP contribution in [0.2, 0.25) is 0 Å². The van der Waals surface area contributed by atoms with E-state index in [1.807, 2.05) is 30.3 Å². The average molecular weight is 437 g/mol. The van der Waals surface area contributed by atoms with Crippen LogP contribution in [0.3, 0.4) is 0 Å². The first-order valence-electron chi connectivity index (χ1n) is 11.5. The minimum absolute atomic E-state index is 0.0634. The third-order valence-electron chi connectivity index (χ3n) is 6.90. The molecule has 168 valence electrons. The molecule has 6 nitrogen and oxygen atoms in total. The number of Topliss-reactive ketones (excluding diaryl/α,β-unsaturated/α-hetero) is 1. The van der Waals surface area contributed by atoms with Gasteiger partial charge in [0.2, 0.25) is 0 Å². The number of ether oxygens (including phenoxy) is 3. The molecule has 0 radical (unpaired) electrons. The number of carboxylic acid groups (broad SMARTS) is 1. The van der Waals surface area contributed by atoms with Gasteiger partial charge in [0.05, 0.1) is 13.0 Å². The topological polar surface area (TPSA) is 82.1 Å². The van der Waals surface area contributed by atoms with Crippen LogP contribution in [0.1, 0.15) is 71.2 Å². The lowest BCUT2D eigenvalue weighted by Crippen LogP contribution is -2.19. The normalized spacial score (nSPS) is 22.1. The highest BCUT2D eigenvalue weighted by molar-refractivity contribution is 5.98. The number of carbonyl (C=O) groups excluding carboxylic acids is 1. The molecule has 0 bridgehead atoms. The maximum absolute atomic E-state index is 13.0. The summed E-state index contributed by atoms with van der Waals surface area (Å²) in [4.78, 5) is 24.1. The standard InChI is InChI=1S/C26H28O6/c27-23(12-16-8-10-30-11-9-16)21-2-1-3-22-20(21)6-7-24(22)32-18-4-5-19-17(13-26(28)29)15-31-25(19)14-18/h1-5,14,16-17,24H,6-13,15H2,(H,28,29)/t17?,24-/m1/s1. The van der Waals surface area contributed by atoms with E-state index in [9.17, 15) is 9.59 Å². The van der Waals surface area contributed by atoms with Crippen molar-refractivity contribution in [3.63, 3.8) is 0 Å². The molecule has 1 unspecified atom stereocenters. The third-order valence-corrected chi connectivity index (χ3v) is 6.90. The number of carbonyl (C=O) groups is 2. The summed E-state index contributed by atoms with van der Waals surface area (Å²) in [7, 11) is 0. The van der Waals surface area contributed by atoms with Crippen LogP contribution in [0.4, 0.5) is 0 Å². The number of fused-ring (bicyclic) bond motifs is 2. The molecular weight excluding hydrogens is 408 g/mol. The predicted octanol–water partition coefficient (Wildman–Crippen LogP) is 4.70. The summed E-state index contributed by atoms with van der Waals surface area (Å²) in [6.07, 6.45) is 4.13. The Kier molecular flexibility index (Phi) is 5.87. The minimum atomic E-state index is -0.823. The van der Waals surface area contributed by atoms with Gasteiger partial charge in [0.1, 0.15) is 17.6 Å². The molecule has 2 aliphatic heterocycles. The van der Waals surface area contributed by atoms with E-state index in [1.165, 1.54) is 0 Å². The summed E-state index contributed by atoms with van der Waals surface area (Å²) < 4.78 is 17.4. The van der Waals surface area contributed by atoms with Crippen LogP contribution >= 0.6 is 0 Å². The summed E-state index contributed by atoms with van der Waals surface area (Å²) >= 11 is 0. The lowest BCUT2D eigenvalue weighted by molar-refractivity contribution is -0.137. The lowest BCUT2D eigenvalue weighted by Gasteiger charge is -2.21. The fourth-order valence-corrected chi connectivity index (χ4v) is 5.20. The first kappa shape index (κ1) is 21.0. The molecule has 1 aliphatic carbocycles. The summed E-state index contributed by atoms with van der Waals surface area (Å²) in [6.45, 7) is 1.89. The highest BCUT2D eigenvalue weighted by atomic mass is 16.5. The molecule has 6 heteroatoms. The van der Waals surface area contributed by atoms with E-state index in [0.29, 0.717) is 30.4 Å². The Morgan fingerprint density at radius 1 is 1.03 bits per heavy atom. The Balaban J connectivity index is 1.30. The van der Waals surface area contributed by atoms with Gasteiger partial charge in [-0.15, -0.1) is 0 Å². The number of hydrogen-bond acceptors (Lipinski definition) is 5. The van der Waals surface area contributed by atoms with Crippen molar-refractivity contribution in [1.82, 2.24) is 0 Å². The Labute approximate surface area is 187 Å². The highest BCUT2D eigenvalue weighted by Crippen LogP contribution is 2.41. The highest BCUT2D eigenvalue weighted by Gasteiger charge is 2.30. The van der Waals surface area contributed by atoms with Crippen molar-refractivity contribution >= 4 is 11.8 Å². The molecule has 1 N–H and O–H groups in total. The summed E-state index contributed by atoms with van der Waals surface area (Å²) in [6, 6.07) is 11.6. The number of benzene rings is 2. The van der Waals surface area contributed by atoms with Crippen molar-refractivity contribution in [1.29, 1.82) is 0 Å². The van der Waals surface area contributed by atoms with Crippen LogP contribution in [0, 0.1) is 5.92 Å². The Bertz CT molecular complexity index is 1020. The molecule has 2 aromatic carbocycles. The van der Waals surface area contributed by atoms with E-state index in [0.717, 1.165) is 61.2 Å². The molecule has 2 heterocycles. The second-order valence-corrected chi connectivity index (χ2v) is 9.01. The van der Waals surface area contributed by atoms with Crippen LogP contribution in [0.25, 0.3) is 0 Å². The van der Waals surface area contributed by atoms with E-state index in [1.54, 1.807) is 0 Å². The molecule has 2 atom stereocenters. The molecule has 0 aromatic heterocycles. The fraction of sp³-hybridized carbons (Fsp3) is 0.462. The summed E-state index contributed by atoms with van der Waals surface area (Å²) in [5.41, 5.74) is 3.97. The van der Waals surface area contributed by atoms with Gasteiger partial charge >= 0.3 is 5.97 Å². The van der Waals surface area contributed by atoms with Crippen molar-refractivity contribution in [2.24, 2.45) is 5.92 Å². The summed E-state index contributed by atoms with van der Waals surface area (Å²) in [5, 5.41) is 9.08. The molecule has 32 heavy (non-hydrogen) atoms. The molecule has 1 fully saturated rings. The van der Waals surface area contributed by atoms with E-state index >= 15 is 0 Å². The van der Waals surface area contributed by atoms with Crippen molar-refractivity contribution in [2.75, 3.05) is 19.8 Å². The molecule has 0 spiro atoms. The SMILES string of the molecule is O=C(O)CC1COc2cc(O[C@@H]3CCc4c(C(=O)CC5CCOCC5)cccc43)ccc21. The van der Waals surface area contributed by atoms with Gasteiger partial charge in [0.25, 0.3) is 0 Å². The molecule has 1 saturated heterocycles. The van der Waals surface area contributed by atoms with Crippen LogP contribution in [0.15, 0.2) is 36.4 Å². The average Bonchev–Trinajstić information content (AvgIpc) is 3.38. The third kappa shape index (κ3) is 4.24. The quantitative estimate of drug-likeness (QED) is 0.634. The van der Waals surface area contributed by atoms with E-state index in [4.69, 9.17) is 19.3 Å². The fourth-order valence-electron chi connectivity index (χ4n) is 5.20. The van der Waals surface area contributed by atoms with Crippen LogP contribution in [0.5, 0.6) is 11.5 Å². The van der Waals surface area contributed by atoms with Crippen LogP contribution in [-0.2, 0) is 16.0 Å². The molecular formula is C26H28O6. The van der Waals surface area contributed by atoms with E-state index in [2.05, 4.69) is 6.07 Å². The van der Waals surface area contributed by atoms with Crippen molar-refractivity contribution in [2.45, 2.75) is 50.5 Å². The zero-order valence-corrected chi connectivity index (χ0v) is 18.0. The van der Waals surface area contributed by atoms with Gasteiger partial charge in [0, 0.05) is 42.7 Å². The van der Waals surface area contributed by atoms with Gasteiger partial charge in [-0.25, -0.2) is 0 Å². The van der Waals surface area contributed by atoms with Crippen molar-refractivity contribution in [3.8, 4) is 11.5 Å². The first-order chi connectivity index (χ1) is 15.6. The summed E-state index contributed by atoms with van der Waals surface area (Å²) in [5.74, 6) is 1.11. The molecule has 2 aromatic rings. The molecule has 0 saturated carbocycles. The Morgan fingerprint density at radius 3 is 2.69 bits per heavy atom. The number of hydrogen-bond donors (Lipinski definition) is 1. The van der Waals surface area contributed by atoms with Gasteiger partial charge in [-0.2, -0.15) is 0 Å². The van der Waals surface area contributed by atoms with Gasteiger partial charge in [-0.05, 0) is 48.8 Å². The van der Waals surface area contributed by atoms with Gasteiger partial charge < -0.3 is 19.3 Å². The number of aliphatic carboxylic acids is 1. The molecule has 5 rings (SSSR count). The van der Waals surface area contributed by atoms with Crippen LogP contribution < -0.4 is 9.47 Å².